The van der Waals surface area contributed by atoms with E-state index in [0.717, 1.165) is 31.3 Å². The van der Waals surface area contributed by atoms with Crippen molar-refractivity contribution >= 4 is 11.6 Å². The fourth-order valence-corrected chi connectivity index (χ4v) is 2.37. The van der Waals surface area contributed by atoms with Gasteiger partial charge in [-0.1, -0.05) is 0 Å². The molecule has 1 fully saturated rings. The third-order valence-corrected chi connectivity index (χ3v) is 3.27. The number of piperidine rings is 1. The molecular weight excluding hydrogens is 226 g/mol. The highest BCUT2D eigenvalue weighted by Crippen LogP contribution is 2.20. The van der Waals surface area contributed by atoms with Crippen molar-refractivity contribution < 1.29 is 0 Å². The number of hydrogen-bond donors (Lipinski definition) is 1. The molecule has 0 bridgehead atoms. The zero-order chi connectivity index (χ0) is 13.0. The highest BCUT2D eigenvalue weighted by Gasteiger charge is 2.14. The fourth-order valence-electron chi connectivity index (χ4n) is 2.37. The number of nitrogens with two attached hydrogens (primary N) is 1. The second-order valence-electron chi connectivity index (χ2n) is 5.14. The Morgan fingerprint density at radius 1 is 1.33 bits per heavy atom. The summed E-state index contributed by atoms with van der Waals surface area (Å²) >= 11 is 0. The Kier molecular flexibility index (Phi) is 4.36. The van der Waals surface area contributed by atoms with E-state index in [1.54, 1.807) is 6.33 Å². The van der Waals surface area contributed by atoms with Gasteiger partial charge in [0.15, 0.2) is 0 Å². The topological polar surface area (TPSA) is 58.3 Å². The van der Waals surface area contributed by atoms with E-state index in [1.807, 2.05) is 14.0 Å². The van der Waals surface area contributed by atoms with Crippen molar-refractivity contribution in [1.29, 1.82) is 0 Å². The van der Waals surface area contributed by atoms with Crippen LogP contribution in [0.5, 0.6) is 0 Å². The molecule has 0 amide bonds. The van der Waals surface area contributed by atoms with Crippen molar-refractivity contribution in [3.05, 3.63) is 12.4 Å². The van der Waals surface area contributed by atoms with E-state index in [9.17, 15) is 0 Å². The molecule has 5 heteroatoms. The van der Waals surface area contributed by atoms with Gasteiger partial charge in [-0.15, -0.1) is 0 Å². The lowest BCUT2D eigenvalue weighted by Gasteiger charge is -2.28. The minimum atomic E-state index is 0.142. The summed E-state index contributed by atoms with van der Waals surface area (Å²) in [5.41, 5.74) is 5.82. The van der Waals surface area contributed by atoms with Gasteiger partial charge in [0.25, 0.3) is 0 Å². The summed E-state index contributed by atoms with van der Waals surface area (Å²) in [6.45, 7) is 5.01. The smallest absolute Gasteiger partial charge is 0.134 e. The van der Waals surface area contributed by atoms with Gasteiger partial charge in [0, 0.05) is 38.8 Å². The van der Waals surface area contributed by atoms with Gasteiger partial charge < -0.3 is 15.5 Å². The van der Waals surface area contributed by atoms with Gasteiger partial charge in [0.05, 0.1) is 0 Å². The first-order chi connectivity index (χ1) is 8.66. The van der Waals surface area contributed by atoms with E-state index in [1.165, 1.54) is 19.3 Å². The van der Waals surface area contributed by atoms with Crippen LogP contribution >= 0.6 is 0 Å². The average Bonchev–Trinajstić information content (AvgIpc) is 2.39. The summed E-state index contributed by atoms with van der Waals surface area (Å²) in [4.78, 5) is 13.1. The van der Waals surface area contributed by atoms with Crippen LogP contribution in [-0.4, -0.2) is 42.7 Å². The van der Waals surface area contributed by atoms with E-state index in [-0.39, 0.29) is 6.04 Å². The van der Waals surface area contributed by atoms with E-state index in [4.69, 9.17) is 5.73 Å². The van der Waals surface area contributed by atoms with Crippen LogP contribution in [0.1, 0.15) is 26.2 Å². The highest BCUT2D eigenvalue weighted by molar-refractivity contribution is 5.49. The van der Waals surface area contributed by atoms with Crippen LogP contribution in [0.15, 0.2) is 12.4 Å². The van der Waals surface area contributed by atoms with Crippen molar-refractivity contribution in [3.8, 4) is 0 Å². The molecule has 2 N–H and O–H groups in total. The number of rotatable bonds is 4. The maximum Gasteiger partial charge on any atom is 0.134 e. The first-order valence-corrected chi connectivity index (χ1v) is 6.70. The number of aromatic nitrogens is 2. The first-order valence-electron chi connectivity index (χ1n) is 6.70. The Labute approximate surface area is 109 Å². The molecule has 1 unspecified atom stereocenters. The quantitative estimate of drug-likeness (QED) is 0.870. The molecule has 2 rings (SSSR count). The maximum absolute atomic E-state index is 5.82. The Morgan fingerprint density at radius 3 is 2.72 bits per heavy atom. The molecule has 1 atom stereocenters. The standard InChI is InChI=1S/C13H23N5/c1-11(14)9-17(2)12-8-13(16-10-15-12)18-6-4-3-5-7-18/h8,10-11H,3-7,9,14H2,1-2H3. The van der Waals surface area contributed by atoms with Gasteiger partial charge >= 0.3 is 0 Å². The molecule has 2 heterocycles. The molecule has 0 aliphatic carbocycles. The van der Waals surface area contributed by atoms with E-state index >= 15 is 0 Å². The molecule has 1 aliphatic heterocycles. The van der Waals surface area contributed by atoms with Crippen LogP contribution in [0.3, 0.4) is 0 Å². The summed E-state index contributed by atoms with van der Waals surface area (Å²) in [6.07, 6.45) is 5.50. The highest BCUT2D eigenvalue weighted by atomic mass is 15.2. The molecule has 0 radical (unpaired) electrons. The van der Waals surface area contributed by atoms with Gasteiger partial charge in [-0.2, -0.15) is 0 Å². The SMILES string of the molecule is CC(N)CN(C)c1cc(N2CCCCC2)ncn1. The molecule has 0 spiro atoms. The van der Waals surface area contributed by atoms with Crippen molar-refractivity contribution in [3.63, 3.8) is 0 Å². The molecule has 1 aliphatic rings. The van der Waals surface area contributed by atoms with E-state index in [2.05, 4.69) is 25.8 Å². The predicted molar refractivity (Wildman–Crippen MR) is 75.0 cm³/mol. The number of anilines is 2. The lowest BCUT2D eigenvalue weighted by Crippen LogP contribution is -2.34. The van der Waals surface area contributed by atoms with Crippen LogP contribution in [0.2, 0.25) is 0 Å². The van der Waals surface area contributed by atoms with Crippen LogP contribution in [0, 0.1) is 0 Å². The monoisotopic (exact) mass is 249 g/mol. The Morgan fingerprint density at radius 2 is 2.06 bits per heavy atom. The van der Waals surface area contributed by atoms with Crippen molar-refractivity contribution in [2.24, 2.45) is 5.73 Å². The maximum atomic E-state index is 5.82. The Hall–Kier alpha value is -1.36. The predicted octanol–water partition coefficient (Wildman–Crippen LogP) is 1.25. The zero-order valence-corrected chi connectivity index (χ0v) is 11.3. The lowest BCUT2D eigenvalue weighted by atomic mass is 10.1. The number of hydrogen-bond acceptors (Lipinski definition) is 5. The van der Waals surface area contributed by atoms with Gasteiger partial charge in [-0.3, -0.25) is 0 Å². The summed E-state index contributed by atoms with van der Waals surface area (Å²) < 4.78 is 0. The normalized spacial score (nSPS) is 17.6. The molecule has 0 aromatic carbocycles. The van der Waals surface area contributed by atoms with Gasteiger partial charge in [0.1, 0.15) is 18.0 Å². The van der Waals surface area contributed by atoms with Gasteiger partial charge in [0.2, 0.25) is 0 Å². The molecule has 0 saturated carbocycles. The van der Waals surface area contributed by atoms with Crippen LogP contribution < -0.4 is 15.5 Å². The third-order valence-electron chi connectivity index (χ3n) is 3.27. The zero-order valence-electron chi connectivity index (χ0n) is 11.3. The van der Waals surface area contributed by atoms with Gasteiger partial charge in [-0.05, 0) is 26.2 Å². The Balaban J connectivity index is 2.08. The average molecular weight is 249 g/mol. The molecule has 5 nitrogen and oxygen atoms in total. The van der Waals surface area contributed by atoms with Gasteiger partial charge in [-0.25, -0.2) is 9.97 Å². The lowest BCUT2D eigenvalue weighted by molar-refractivity contribution is 0.573. The Bertz CT molecular complexity index is 373. The summed E-state index contributed by atoms with van der Waals surface area (Å²) in [6, 6.07) is 2.21. The third kappa shape index (κ3) is 3.32. The number of nitrogens with zero attached hydrogens (tertiary/aromatic N) is 4. The summed E-state index contributed by atoms with van der Waals surface area (Å²) in [5, 5.41) is 0. The summed E-state index contributed by atoms with van der Waals surface area (Å²) in [7, 11) is 2.02. The van der Waals surface area contributed by atoms with Crippen molar-refractivity contribution in [1.82, 2.24) is 9.97 Å². The van der Waals surface area contributed by atoms with Crippen LogP contribution in [0.25, 0.3) is 0 Å². The molecule has 18 heavy (non-hydrogen) atoms. The fraction of sp³-hybridized carbons (Fsp3) is 0.692. The second kappa shape index (κ2) is 6.00. The van der Waals surface area contributed by atoms with Crippen LogP contribution in [0.4, 0.5) is 11.6 Å². The molecule has 1 aromatic heterocycles. The molecular formula is C13H23N5. The largest absolute Gasteiger partial charge is 0.358 e. The second-order valence-corrected chi connectivity index (χ2v) is 5.14. The van der Waals surface area contributed by atoms with Crippen molar-refractivity contribution in [2.75, 3.05) is 36.5 Å². The van der Waals surface area contributed by atoms with E-state index < -0.39 is 0 Å². The molecule has 100 valence electrons. The minimum absolute atomic E-state index is 0.142. The first kappa shape index (κ1) is 13.1. The van der Waals surface area contributed by atoms with E-state index in [0.29, 0.717) is 0 Å². The summed E-state index contributed by atoms with van der Waals surface area (Å²) in [5.74, 6) is 1.99. The number of likely N-dealkylation sites (N-methyl/N-ethyl adjacent to an activating group) is 1. The minimum Gasteiger partial charge on any atom is -0.358 e. The van der Waals surface area contributed by atoms with Crippen LogP contribution in [-0.2, 0) is 0 Å². The van der Waals surface area contributed by atoms with Crippen molar-refractivity contribution in [2.45, 2.75) is 32.2 Å². The molecule has 1 aromatic rings. The molecule has 1 saturated heterocycles.